The van der Waals surface area contributed by atoms with Crippen LogP contribution in [0.2, 0.25) is 0 Å². The fraction of sp³-hybridized carbons (Fsp3) is 0.238. The van der Waals surface area contributed by atoms with Crippen molar-refractivity contribution in [3.8, 4) is 0 Å². The molecule has 1 aromatic heterocycles. The Morgan fingerprint density at radius 3 is 2.57 bits per heavy atom. The molecule has 0 bridgehead atoms. The van der Waals surface area contributed by atoms with Crippen molar-refractivity contribution in [2.24, 2.45) is 0 Å². The van der Waals surface area contributed by atoms with Crippen LogP contribution < -0.4 is 10.9 Å². The highest BCUT2D eigenvalue weighted by Crippen LogP contribution is 2.16. The first-order valence-corrected chi connectivity index (χ1v) is 9.32. The molecular weight excluding hydrogens is 396 g/mol. The van der Waals surface area contributed by atoms with Crippen molar-refractivity contribution in [1.82, 2.24) is 9.78 Å². The highest BCUT2D eigenvalue weighted by Gasteiger charge is 2.19. The van der Waals surface area contributed by atoms with Gasteiger partial charge in [0, 0.05) is 18.0 Å². The molecule has 0 saturated heterocycles. The van der Waals surface area contributed by atoms with Gasteiger partial charge < -0.3 is 10.1 Å². The summed E-state index contributed by atoms with van der Waals surface area (Å²) in [5.41, 5.74) is -0.656. The van der Waals surface area contributed by atoms with Crippen LogP contribution in [-0.2, 0) is 16.1 Å². The van der Waals surface area contributed by atoms with Crippen molar-refractivity contribution in [3.63, 3.8) is 0 Å². The van der Waals surface area contributed by atoms with E-state index >= 15 is 0 Å². The molecule has 2 aromatic carbocycles. The van der Waals surface area contributed by atoms with Gasteiger partial charge in [-0.3, -0.25) is 9.59 Å². The molecule has 1 amide bonds. The summed E-state index contributed by atoms with van der Waals surface area (Å²) in [7, 11) is 0. The Morgan fingerprint density at radius 2 is 1.87 bits per heavy atom. The summed E-state index contributed by atoms with van der Waals surface area (Å²) in [5.74, 6) is -3.44. The molecule has 0 aliphatic carbocycles. The maximum Gasteiger partial charge on any atom is 0.359 e. The van der Waals surface area contributed by atoms with E-state index in [0.29, 0.717) is 29.8 Å². The Hall–Kier alpha value is -3.62. The van der Waals surface area contributed by atoms with Crippen LogP contribution in [0.3, 0.4) is 0 Å². The first-order chi connectivity index (χ1) is 14.4. The van der Waals surface area contributed by atoms with Crippen LogP contribution in [0.25, 0.3) is 10.8 Å². The number of unbranched alkanes of at least 4 members (excludes halogenated alkanes) is 1. The second kappa shape index (κ2) is 9.25. The number of anilines is 1. The lowest BCUT2D eigenvalue weighted by Crippen LogP contribution is -2.28. The Labute approximate surface area is 170 Å². The number of carbonyl (C=O) groups excluding carboxylic acids is 2. The summed E-state index contributed by atoms with van der Waals surface area (Å²) in [4.78, 5) is 37.1. The van der Waals surface area contributed by atoms with Crippen molar-refractivity contribution in [2.75, 3.05) is 11.9 Å². The minimum absolute atomic E-state index is 0.0953. The van der Waals surface area contributed by atoms with E-state index in [1.54, 1.807) is 24.3 Å². The van der Waals surface area contributed by atoms with Crippen molar-refractivity contribution in [3.05, 3.63) is 70.1 Å². The van der Waals surface area contributed by atoms with E-state index in [2.05, 4.69) is 10.4 Å². The number of esters is 1. The smallest absolute Gasteiger partial charge is 0.359 e. The van der Waals surface area contributed by atoms with Crippen molar-refractivity contribution < 1.29 is 23.1 Å². The maximum absolute atomic E-state index is 13.6. The number of aromatic nitrogens is 2. The molecule has 0 spiro atoms. The zero-order valence-electron chi connectivity index (χ0n) is 16.2. The first-order valence-electron chi connectivity index (χ1n) is 9.32. The van der Waals surface area contributed by atoms with Gasteiger partial charge in [0.2, 0.25) is 0 Å². The topological polar surface area (TPSA) is 90.3 Å². The number of rotatable bonds is 7. The van der Waals surface area contributed by atoms with Gasteiger partial charge >= 0.3 is 5.97 Å². The molecule has 9 heteroatoms. The number of hydrogen-bond acceptors (Lipinski definition) is 5. The van der Waals surface area contributed by atoms with Gasteiger partial charge in [0.25, 0.3) is 11.5 Å². The van der Waals surface area contributed by atoms with Crippen LogP contribution in [0, 0.1) is 11.6 Å². The number of nitrogens with zero attached hydrogens (tertiary/aromatic N) is 2. The van der Waals surface area contributed by atoms with Crippen molar-refractivity contribution >= 4 is 28.3 Å². The summed E-state index contributed by atoms with van der Waals surface area (Å²) in [5, 5.41) is 6.94. The Morgan fingerprint density at radius 1 is 1.13 bits per heavy atom. The standard InChI is InChI=1S/C21H19F2N3O4/c1-2-3-10-26-20(28)15-7-5-4-6-14(15)19(25-26)21(29)30-12-18(27)24-17-9-8-13(22)11-16(17)23/h4-9,11H,2-3,10,12H2,1H3,(H,24,27). The third-order valence-electron chi connectivity index (χ3n) is 4.32. The molecule has 3 aromatic rings. The average molecular weight is 415 g/mol. The molecule has 7 nitrogen and oxygen atoms in total. The predicted molar refractivity (Wildman–Crippen MR) is 106 cm³/mol. The molecule has 0 fully saturated rings. The van der Waals surface area contributed by atoms with Crippen LogP contribution >= 0.6 is 0 Å². The molecule has 3 rings (SSSR count). The van der Waals surface area contributed by atoms with Gasteiger partial charge in [-0.2, -0.15) is 5.10 Å². The number of amides is 1. The second-order valence-corrected chi connectivity index (χ2v) is 6.52. The van der Waals surface area contributed by atoms with Gasteiger partial charge in [-0.15, -0.1) is 0 Å². The lowest BCUT2D eigenvalue weighted by Gasteiger charge is -2.11. The molecule has 0 aliphatic rings. The number of hydrogen-bond donors (Lipinski definition) is 1. The summed E-state index contributed by atoms with van der Waals surface area (Å²) in [6.45, 7) is 1.59. The van der Waals surface area contributed by atoms with E-state index in [4.69, 9.17) is 4.74 Å². The largest absolute Gasteiger partial charge is 0.451 e. The monoisotopic (exact) mass is 415 g/mol. The Bertz CT molecular complexity index is 1160. The minimum Gasteiger partial charge on any atom is -0.451 e. The molecule has 0 radical (unpaired) electrons. The summed E-state index contributed by atoms with van der Waals surface area (Å²) in [6, 6.07) is 9.15. The third kappa shape index (κ3) is 4.68. The van der Waals surface area contributed by atoms with E-state index in [9.17, 15) is 23.2 Å². The van der Waals surface area contributed by atoms with E-state index < -0.39 is 30.1 Å². The van der Waals surface area contributed by atoms with E-state index in [1.807, 2.05) is 6.92 Å². The molecule has 0 atom stereocenters. The van der Waals surface area contributed by atoms with Gasteiger partial charge in [0.05, 0.1) is 11.1 Å². The van der Waals surface area contributed by atoms with E-state index in [-0.39, 0.29) is 16.9 Å². The normalized spacial score (nSPS) is 10.8. The van der Waals surface area contributed by atoms with Crippen LogP contribution in [-0.4, -0.2) is 28.3 Å². The van der Waals surface area contributed by atoms with Gasteiger partial charge in [-0.1, -0.05) is 31.5 Å². The Kier molecular flexibility index (Phi) is 6.51. The number of carbonyl (C=O) groups is 2. The molecule has 1 N–H and O–H groups in total. The maximum atomic E-state index is 13.6. The molecule has 156 valence electrons. The molecule has 0 aliphatic heterocycles. The third-order valence-corrected chi connectivity index (χ3v) is 4.32. The van der Waals surface area contributed by atoms with Gasteiger partial charge in [0.15, 0.2) is 12.3 Å². The van der Waals surface area contributed by atoms with Gasteiger partial charge in [0.1, 0.15) is 11.6 Å². The minimum atomic E-state index is -0.953. The van der Waals surface area contributed by atoms with E-state index in [1.165, 1.54) is 4.68 Å². The molecule has 1 heterocycles. The van der Waals surface area contributed by atoms with Crippen LogP contribution in [0.15, 0.2) is 47.3 Å². The summed E-state index contributed by atoms with van der Waals surface area (Å²) < 4.78 is 32.8. The van der Waals surface area contributed by atoms with Crippen LogP contribution in [0.4, 0.5) is 14.5 Å². The van der Waals surface area contributed by atoms with Gasteiger partial charge in [-0.05, 0) is 24.6 Å². The van der Waals surface area contributed by atoms with Gasteiger partial charge in [-0.25, -0.2) is 18.3 Å². The number of nitrogens with one attached hydrogen (secondary N) is 1. The quantitative estimate of drug-likeness (QED) is 0.598. The fourth-order valence-electron chi connectivity index (χ4n) is 2.82. The van der Waals surface area contributed by atoms with Crippen molar-refractivity contribution in [2.45, 2.75) is 26.3 Å². The highest BCUT2D eigenvalue weighted by molar-refractivity contribution is 6.03. The first kappa shape index (κ1) is 21.1. The lowest BCUT2D eigenvalue weighted by molar-refractivity contribution is -0.119. The zero-order chi connectivity index (χ0) is 21.7. The molecule has 0 unspecified atom stereocenters. The number of ether oxygens (including phenoxy) is 1. The van der Waals surface area contributed by atoms with Crippen LogP contribution in [0.1, 0.15) is 30.3 Å². The van der Waals surface area contributed by atoms with E-state index in [0.717, 1.165) is 18.6 Å². The number of fused-ring (bicyclic) bond motifs is 1. The highest BCUT2D eigenvalue weighted by atomic mass is 19.1. The molecular formula is C21H19F2N3O4. The SMILES string of the molecule is CCCCn1nc(C(=O)OCC(=O)Nc2ccc(F)cc2F)c2ccccc2c1=O. The predicted octanol–water partition coefficient (Wildman–Crippen LogP) is 3.27. The van der Waals surface area contributed by atoms with Crippen molar-refractivity contribution in [1.29, 1.82) is 0 Å². The Balaban J connectivity index is 1.78. The second-order valence-electron chi connectivity index (χ2n) is 6.52. The molecule has 30 heavy (non-hydrogen) atoms. The zero-order valence-corrected chi connectivity index (χ0v) is 16.2. The number of aryl methyl sites for hydroxylation is 1. The lowest BCUT2D eigenvalue weighted by atomic mass is 10.1. The van der Waals surface area contributed by atoms with Crippen LogP contribution in [0.5, 0.6) is 0 Å². The fourth-order valence-corrected chi connectivity index (χ4v) is 2.82. The summed E-state index contributed by atoms with van der Waals surface area (Å²) >= 11 is 0. The average Bonchev–Trinajstić information content (AvgIpc) is 2.74. The summed E-state index contributed by atoms with van der Waals surface area (Å²) in [6.07, 6.45) is 1.53. The molecule has 0 saturated carbocycles. The number of halogens is 2. The number of benzene rings is 2.